The smallest absolute Gasteiger partial charge is 0.408 e. The number of nitrogens with one attached hydrogen (secondary N) is 2. The summed E-state index contributed by atoms with van der Waals surface area (Å²) in [7, 11) is 0. The van der Waals surface area contributed by atoms with E-state index in [1.165, 1.54) is 5.56 Å². The lowest BCUT2D eigenvalue weighted by Gasteiger charge is -2.33. The first-order valence-corrected chi connectivity index (χ1v) is 11.5. The van der Waals surface area contributed by atoms with Crippen molar-refractivity contribution in [3.8, 4) is 0 Å². The Morgan fingerprint density at radius 2 is 1.74 bits per heavy atom. The van der Waals surface area contributed by atoms with Crippen molar-refractivity contribution >= 4 is 12.0 Å². The van der Waals surface area contributed by atoms with E-state index >= 15 is 0 Å². The van der Waals surface area contributed by atoms with E-state index in [1.54, 1.807) is 0 Å². The quantitative estimate of drug-likeness (QED) is 0.743. The summed E-state index contributed by atoms with van der Waals surface area (Å²) in [6.45, 7) is 14.4. The highest BCUT2D eigenvalue weighted by Crippen LogP contribution is 2.39. The van der Waals surface area contributed by atoms with Gasteiger partial charge in [-0.15, -0.1) is 0 Å². The Morgan fingerprint density at radius 3 is 2.35 bits per heavy atom. The number of hydrogen-bond donors (Lipinski definition) is 2. The third kappa shape index (κ3) is 6.45. The molecule has 6 heteroatoms. The molecule has 0 unspecified atom stereocenters. The van der Waals surface area contributed by atoms with Gasteiger partial charge in [-0.3, -0.25) is 9.69 Å². The minimum absolute atomic E-state index is 0.120. The van der Waals surface area contributed by atoms with Crippen molar-refractivity contribution in [1.82, 2.24) is 15.5 Å². The van der Waals surface area contributed by atoms with Gasteiger partial charge in [-0.25, -0.2) is 4.79 Å². The van der Waals surface area contributed by atoms with E-state index in [0.29, 0.717) is 11.8 Å². The lowest BCUT2D eigenvalue weighted by atomic mass is 9.85. The summed E-state index contributed by atoms with van der Waals surface area (Å²) < 4.78 is 5.39. The fourth-order valence-corrected chi connectivity index (χ4v) is 4.87. The van der Waals surface area contributed by atoms with Gasteiger partial charge in [0.1, 0.15) is 11.6 Å². The summed E-state index contributed by atoms with van der Waals surface area (Å²) in [4.78, 5) is 28.1. The van der Waals surface area contributed by atoms with Gasteiger partial charge in [0.2, 0.25) is 5.91 Å². The third-order valence-corrected chi connectivity index (χ3v) is 6.30. The van der Waals surface area contributed by atoms with Crippen LogP contribution in [0.2, 0.25) is 0 Å². The Balaban J connectivity index is 1.59. The lowest BCUT2D eigenvalue weighted by Crippen LogP contribution is -2.56. The molecule has 1 aliphatic carbocycles. The highest BCUT2D eigenvalue weighted by atomic mass is 16.6. The van der Waals surface area contributed by atoms with Crippen molar-refractivity contribution in [3.63, 3.8) is 0 Å². The molecule has 2 N–H and O–H groups in total. The molecule has 1 aliphatic heterocycles. The highest BCUT2D eigenvalue weighted by molar-refractivity contribution is 5.86. The van der Waals surface area contributed by atoms with Gasteiger partial charge in [0, 0.05) is 25.7 Å². The number of fused-ring (bicyclic) bond motifs is 1. The molecule has 0 aromatic heterocycles. The van der Waals surface area contributed by atoms with E-state index in [2.05, 4.69) is 39.8 Å². The van der Waals surface area contributed by atoms with Gasteiger partial charge in [-0.2, -0.15) is 0 Å². The molecule has 1 heterocycles. The number of ether oxygens (including phenoxy) is 1. The molecule has 3 rings (SSSR count). The van der Waals surface area contributed by atoms with Gasteiger partial charge in [0.25, 0.3) is 0 Å². The first kappa shape index (κ1) is 23.6. The van der Waals surface area contributed by atoms with Crippen LogP contribution in [0, 0.1) is 17.3 Å². The van der Waals surface area contributed by atoms with E-state index in [4.69, 9.17) is 4.74 Å². The molecule has 0 bridgehead atoms. The number of benzene rings is 1. The summed E-state index contributed by atoms with van der Waals surface area (Å²) in [5.41, 5.74) is 0.305. The normalized spacial score (nSPS) is 25.0. The second-order valence-corrected chi connectivity index (χ2v) is 11.2. The maximum Gasteiger partial charge on any atom is 0.408 e. The van der Waals surface area contributed by atoms with Gasteiger partial charge in [0.05, 0.1) is 0 Å². The summed E-state index contributed by atoms with van der Waals surface area (Å²) in [6, 6.07) is 10.1. The van der Waals surface area contributed by atoms with Crippen LogP contribution >= 0.6 is 0 Å². The Morgan fingerprint density at radius 1 is 1.06 bits per heavy atom. The number of carbonyl (C=O) groups is 2. The van der Waals surface area contributed by atoms with Crippen LogP contribution in [0.25, 0.3) is 0 Å². The molecule has 0 radical (unpaired) electrons. The number of hydrogen-bond acceptors (Lipinski definition) is 4. The molecule has 31 heavy (non-hydrogen) atoms. The number of carbonyl (C=O) groups excluding carboxylic acids is 2. The van der Waals surface area contributed by atoms with Crippen LogP contribution in [-0.4, -0.2) is 47.7 Å². The van der Waals surface area contributed by atoms with Crippen molar-refractivity contribution in [2.45, 2.75) is 78.6 Å². The van der Waals surface area contributed by atoms with Crippen LogP contribution in [0.3, 0.4) is 0 Å². The van der Waals surface area contributed by atoms with Gasteiger partial charge in [0.15, 0.2) is 0 Å². The molecule has 2 amide bonds. The maximum atomic E-state index is 13.2. The average molecular weight is 430 g/mol. The zero-order valence-electron chi connectivity index (χ0n) is 19.9. The summed E-state index contributed by atoms with van der Waals surface area (Å²) in [5.74, 6) is 0.973. The van der Waals surface area contributed by atoms with Crippen LogP contribution < -0.4 is 10.6 Å². The summed E-state index contributed by atoms with van der Waals surface area (Å²) in [6.07, 6.45) is 1.59. The van der Waals surface area contributed by atoms with E-state index < -0.39 is 23.2 Å². The van der Waals surface area contributed by atoms with E-state index in [1.807, 2.05) is 47.6 Å². The van der Waals surface area contributed by atoms with Gasteiger partial charge in [-0.05, 0) is 56.4 Å². The molecule has 1 aromatic rings. The maximum absolute atomic E-state index is 13.2. The summed E-state index contributed by atoms with van der Waals surface area (Å²) >= 11 is 0. The largest absolute Gasteiger partial charge is 0.444 e. The molecule has 1 aromatic carbocycles. The van der Waals surface area contributed by atoms with Crippen molar-refractivity contribution in [2.24, 2.45) is 17.3 Å². The van der Waals surface area contributed by atoms with E-state index in [0.717, 1.165) is 32.5 Å². The number of likely N-dealkylation sites (tertiary alicyclic amines) is 1. The first-order valence-electron chi connectivity index (χ1n) is 11.5. The minimum atomic E-state index is -0.650. The number of amides is 2. The van der Waals surface area contributed by atoms with Crippen LogP contribution in [0.15, 0.2) is 30.3 Å². The molecular weight excluding hydrogens is 390 g/mol. The molecule has 2 fully saturated rings. The number of alkyl carbamates (subject to hydrolysis) is 1. The molecule has 2 aliphatic rings. The fraction of sp³-hybridized carbons (Fsp3) is 0.680. The average Bonchev–Trinajstić information content (AvgIpc) is 3.19. The van der Waals surface area contributed by atoms with Crippen molar-refractivity contribution < 1.29 is 14.3 Å². The van der Waals surface area contributed by atoms with Crippen LogP contribution in [0.4, 0.5) is 4.79 Å². The molecule has 172 valence electrons. The predicted octanol–water partition coefficient (Wildman–Crippen LogP) is 3.95. The monoisotopic (exact) mass is 429 g/mol. The Hall–Kier alpha value is -2.08. The molecule has 0 spiro atoms. The number of rotatable bonds is 5. The topological polar surface area (TPSA) is 70.7 Å². The number of nitrogens with zero attached hydrogens (tertiary/aromatic N) is 1. The predicted molar refractivity (Wildman–Crippen MR) is 122 cm³/mol. The Kier molecular flexibility index (Phi) is 6.99. The van der Waals surface area contributed by atoms with Crippen LogP contribution in [0.1, 0.15) is 59.9 Å². The van der Waals surface area contributed by atoms with Crippen molar-refractivity contribution in [1.29, 1.82) is 0 Å². The van der Waals surface area contributed by atoms with Crippen LogP contribution in [0.5, 0.6) is 0 Å². The van der Waals surface area contributed by atoms with Gasteiger partial charge >= 0.3 is 6.09 Å². The molecule has 6 nitrogen and oxygen atoms in total. The van der Waals surface area contributed by atoms with Gasteiger partial charge in [-0.1, -0.05) is 51.1 Å². The van der Waals surface area contributed by atoms with Crippen LogP contribution in [-0.2, 0) is 16.1 Å². The highest BCUT2D eigenvalue weighted by Gasteiger charge is 2.44. The molecule has 1 saturated carbocycles. The zero-order valence-corrected chi connectivity index (χ0v) is 19.9. The fourth-order valence-electron chi connectivity index (χ4n) is 4.87. The summed E-state index contributed by atoms with van der Waals surface area (Å²) in [5, 5.41) is 6.08. The van der Waals surface area contributed by atoms with Crippen molar-refractivity contribution in [3.05, 3.63) is 35.9 Å². The zero-order chi connectivity index (χ0) is 22.8. The second-order valence-electron chi connectivity index (χ2n) is 11.2. The van der Waals surface area contributed by atoms with Gasteiger partial charge < -0.3 is 15.4 Å². The third-order valence-electron chi connectivity index (χ3n) is 6.30. The van der Waals surface area contributed by atoms with E-state index in [9.17, 15) is 9.59 Å². The Labute approximate surface area is 187 Å². The molecule has 4 atom stereocenters. The SMILES string of the molecule is CC(C)(C)OC(=O)N[C@H](C(=O)N[C@@H]1CC[C@H]2CN(Cc3ccccc3)C[C@H]21)C(C)(C)C. The minimum Gasteiger partial charge on any atom is -0.444 e. The first-order chi connectivity index (χ1) is 14.4. The van der Waals surface area contributed by atoms with Crippen molar-refractivity contribution in [2.75, 3.05) is 13.1 Å². The lowest BCUT2D eigenvalue weighted by molar-refractivity contribution is -0.126. The second kappa shape index (κ2) is 9.19. The van der Waals surface area contributed by atoms with E-state index in [-0.39, 0.29) is 11.9 Å². The molecular formula is C25H39N3O3. The Bertz CT molecular complexity index is 766. The standard InChI is InChI=1S/C25H39N3O3/c1-24(2,3)21(27-23(30)31-25(4,5)6)22(29)26-20-13-12-18-15-28(16-19(18)20)14-17-10-8-7-9-11-17/h7-11,18-21H,12-16H2,1-6H3,(H,26,29)(H,27,30)/t18-,19+,20+,21+/m0/s1. The molecule has 1 saturated heterocycles.